The molecule has 4 nitrogen and oxygen atoms in total. The van der Waals surface area contributed by atoms with Gasteiger partial charge in [-0.25, -0.2) is 0 Å². The van der Waals surface area contributed by atoms with Gasteiger partial charge in [0.15, 0.2) is 0 Å². The number of rotatable bonds is 6. The van der Waals surface area contributed by atoms with Crippen molar-refractivity contribution in [3.05, 3.63) is 77.5 Å². The van der Waals surface area contributed by atoms with Gasteiger partial charge in [0.25, 0.3) is 0 Å². The van der Waals surface area contributed by atoms with Crippen molar-refractivity contribution in [1.82, 2.24) is 14.8 Å². The molecule has 0 bridgehead atoms. The lowest BCUT2D eigenvalue weighted by Gasteiger charge is -2.41. The molecule has 2 heterocycles. The van der Waals surface area contributed by atoms with E-state index in [4.69, 9.17) is 0 Å². The average Bonchev–Trinajstić information content (AvgIpc) is 2.72. The molecule has 1 aliphatic rings. The van der Waals surface area contributed by atoms with E-state index >= 15 is 0 Å². The number of aliphatic hydroxyl groups is 1. The normalized spacial score (nSPS) is 18.6. The number of hydrogen-bond donors (Lipinski definition) is 1. The minimum absolute atomic E-state index is 0.241. The number of pyridine rings is 1. The number of piperazine rings is 1. The minimum Gasteiger partial charge on any atom is -0.396 e. The van der Waals surface area contributed by atoms with Crippen molar-refractivity contribution < 1.29 is 5.11 Å². The Hall–Kier alpha value is -2.27. The van der Waals surface area contributed by atoms with E-state index in [2.05, 4.69) is 70.2 Å². The van der Waals surface area contributed by atoms with Crippen molar-refractivity contribution in [1.29, 1.82) is 0 Å². The number of hydrogen-bond acceptors (Lipinski definition) is 4. The molecule has 0 amide bonds. The summed E-state index contributed by atoms with van der Waals surface area (Å²) in [7, 11) is 0. The van der Waals surface area contributed by atoms with E-state index in [1.807, 2.05) is 12.3 Å². The summed E-state index contributed by atoms with van der Waals surface area (Å²) < 4.78 is 0. The number of aryl methyl sites for hydroxylation is 1. The van der Waals surface area contributed by atoms with Crippen molar-refractivity contribution in [3.8, 4) is 0 Å². The summed E-state index contributed by atoms with van der Waals surface area (Å²) in [5.74, 6) is 0. The molecular formula is C24H29N3O. The van der Waals surface area contributed by atoms with Gasteiger partial charge in [-0.05, 0) is 42.7 Å². The number of aliphatic hydroxyl groups excluding tert-OH is 1. The zero-order valence-electron chi connectivity index (χ0n) is 16.6. The lowest BCUT2D eigenvalue weighted by atomic mass is 10.0. The third-order valence-corrected chi connectivity index (χ3v) is 5.73. The molecule has 4 heteroatoms. The van der Waals surface area contributed by atoms with E-state index in [0.717, 1.165) is 44.7 Å². The summed E-state index contributed by atoms with van der Waals surface area (Å²) in [6.07, 6.45) is 2.67. The quantitative estimate of drug-likeness (QED) is 0.714. The zero-order chi connectivity index (χ0) is 19.3. The van der Waals surface area contributed by atoms with Crippen LogP contribution < -0.4 is 0 Å². The fraction of sp³-hybridized carbons (Fsp3) is 0.375. The van der Waals surface area contributed by atoms with Crippen LogP contribution in [-0.4, -0.2) is 52.2 Å². The topological polar surface area (TPSA) is 39.6 Å². The van der Waals surface area contributed by atoms with Crippen molar-refractivity contribution >= 4 is 10.9 Å². The first-order valence-electron chi connectivity index (χ1n) is 10.2. The highest BCUT2D eigenvalue weighted by Crippen LogP contribution is 2.20. The van der Waals surface area contributed by atoms with Crippen LogP contribution in [0, 0.1) is 6.92 Å². The molecule has 2 aromatic carbocycles. The van der Waals surface area contributed by atoms with Crippen LogP contribution in [0.15, 0.2) is 60.8 Å². The summed E-state index contributed by atoms with van der Waals surface area (Å²) in [4.78, 5) is 9.46. The molecule has 1 saturated heterocycles. The highest BCUT2D eigenvalue weighted by molar-refractivity contribution is 5.78. The number of aromatic nitrogens is 1. The Morgan fingerprint density at radius 2 is 1.82 bits per heavy atom. The number of nitrogens with zero attached hydrogens (tertiary/aromatic N) is 3. The lowest BCUT2D eigenvalue weighted by molar-refractivity contribution is 0.0500. The molecule has 28 heavy (non-hydrogen) atoms. The van der Waals surface area contributed by atoms with Crippen LogP contribution in [0.1, 0.15) is 23.1 Å². The van der Waals surface area contributed by atoms with Gasteiger partial charge in [0.2, 0.25) is 0 Å². The molecule has 1 aliphatic heterocycles. The van der Waals surface area contributed by atoms with E-state index in [-0.39, 0.29) is 6.61 Å². The Kier molecular flexibility index (Phi) is 6.01. The van der Waals surface area contributed by atoms with Crippen LogP contribution in [0.3, 0.4) is 0 Å². The Balaban J connectivity index is 1.42. The fourth-order valence-electron chi connectivity index (χ4n) is 4.14. The smallest absolute Gasteiger partial charge is 0.0702 e. The Bertz CT molecular complexity index is 909. The van der Waals surface area contributed by atoms with Crippen molar-refractivity contribution in [2.75, 3.05) is 26.2 Å². The third kappa shape index (κ3) is 4.58. The van der Waals surface area contributed by atoms with Crippen molar-refractivity contribution in [3.63, 3.8) is 0 Å². The molecule has 0 spiro atoms. The second-order valence-corrected chi connectivity index (χ2v) is 7.89. The van der Waals surface area contributed by atoms with Crippen LogP contribution in [0.5, 0.6) is 0 Å². The van der Waals surface area contributed by atoms with Gasteiger partial charge in [-0.3, -0.25) is 14.8 Å². The molecule has 1 N–H and O–H groups in total. The molecule has 0 saturated carbocycles. The van der Waals surface area contributed by atoms with Gasteiger partial charge in [-0.1, -0.05) is 42.0 Å². The lowest BCUT2D eigenvalue weighted by Crippen LogP contribution is -2.52. The van der Waals surface area contributed by atoms with Crippen molar-refractivity contribution in [2.45, 2.75) is 32.5 Å². The molecule has 1 fully saturated rings. The maximum Gasteiger partial charge on any atom is 0.0702 e. The molecule has 4 rings (SSSR count). The molecule has 0 radical (unpaired) electrons. The molecule has 146 valence electrons. The summed E-state index contributed by atoms with van der Waals surface area (Å²) in [6.45, 7) is 7.36. The first-order valence-corrected chi connectivity index (χ1v) is 10.2. The van der Waals surface area contributed by atoms with Crippen molar-refractivity contribution in [2.24, 2.45) is 0 Å². The minimum atomic E-state index is 0.241. The maximum atomic E-state index is 9.58. The molecule has 0 unspecified atom stereocenters. The second-order valence-electron chi connectivity index (χ2n) is 7.89. The first-order chi connectivity index (χ1) is 13.7. The van der Waals surface area contributed by atoms with Gasteiger partial charge in [0.05, 0.1) is 5.52 Å². The van der Waals surface area contributed by atoms with Gasteiger partial charge in [-0.15, -0.1) is 0 Å². The average molecular weight is 376 g/mol. The van der Waals surface area contributed by atoms with Crippen LogP contribution >= 0.6 is 0 Å². The van der Waals surface area contributed by atoms with E-state index < -0.39 is 0 Å². The molecule has 1 atom stereocenters. The predicted octanol–water partition coefficient (Wildman–Crippen LogP) is 3.61. The van der Waals surface area contributed by atoms with E-state index in [1.165, 1.54) is 22.1 Å². The predicted molar refractivity (Wildman–Crippen MR) is 114 cm³/mol. The second kappa shape index (κ2) is 8.82. The molecule has 0 aliphatic carbocycles. The Labute approximate surface area is 167 Å². The largest absolute Gasteiger partial charge is 0.396 e. The van der Waals surface area contributed by atoms with Gasteiger partial charge >= 0.3 is 0 Å². The van der Waals surface area contributed by atoms with Gasteiger partial charge in [0.1, 0.15) is 0 Å². The van der Waals surface area contributed by atoms with Gasteiger partial charge in [0, 0.05) is 57.0 Å². The summed E-state index contributed by atoms with van der Waals surface area (Å²) in [5, 5.41) is 10.8. The highest BCUT2D eigenvalue weighted by Gasteiger charge is 2.26. The summed E-state index contributed by atoms with van der Waals surface area (Å²) >= 11 is 0. The first kappa shape index (κ1) is 19.1. The van der Waals surface area contributed by atoms with Crippen LogP contribution in [0.4, 0.5) is 0 Å². The van der Waals surface area contributed by atoms with Crippen LogP contribution in [0.25, 0.3) is 10.9 Å². The van der Waals surface area contributed by atoms with E-state index in [9.17, 15) is 5.11 Å². The third-order valence-electron chi connectivity index (χ3n) is 5.73. The molecular weight excluding hydrogens is 346 g/mol. The molecule has 3 aromatic rings. The Morgan fingerprint density at radius 1 is 1.00 bits per heavy atom. The Morgan fingerprint density at radius 3 is 2.64 bits per heavy atom. The molecule has 1 aromatic heterocycles. The summed E-state index contributed by atoms with van der Waals surface area (Å²) in [6, 6.07) is 19.9. The van der Waals surface area contributed by atoms with Crippen LogP contribution in [0.2, 0.25) is 0 Å². The SMILES string of the molecule is Cc1ccc(CN2CCN(Cc3ccc4ncccc4c3)C[C@H]2CCO)cc1. The zero-order valence-corrected chi connectivity index (χ0v) is 16.6. The highest BCUT2D eigenvalue weighted by atomic mass is 16.3. The maximum absolute atomic E-state index is 9.58. The number of fused-ring (bicyclic) bond motifs is 1. The summed E-state index contributed by atoms with van der Waals surface area (Å²) in [5.41, 5.74) is 5.03. The van der Waals surface area contributed by atoms with Gasteiger partial charge in [-0.2, -0.15) is 0 Å². The van der Waals surface area contributed by atoms with E-state index in [1.54, 1.807) is 0 Å². The fourth-order valence-corrected chi connectivity index (χ4v) is 4.14. The van der Waals surface area contributed by atoms with E-state index in [0.29, 0.717) is 6.04 Å². The number of benzene rings is 2. The van der Waals surface area contributed by atoms with Crippen LogP contribution in [-0.2, 0) is 13.1 Å². The monoisotopic (exact) mass is 375 g/mol. The van der Waals surface area contributed by atoms with Gasteiger partial charge < -0.3 is 5.11 Å². The standard InChI is InChI=1S/C24H29N3O/c1-19-4-6-20(7-5-19)17-27-13-12-26(18-23(27)10-14-28)16-21-8-9-24-22(15-21)3-2-11-25-24/h2-9,11,15,23,28H,10,12-14,16-18H2,1H3/t23-/m1/s1.